The van der Waals surface area contributed by atoms with Crippen molar-refractivity contribution in [1.29, 1.82) is 0 Å². The molecule has 6 nitrogen and oxygen atoms in total. The molecule has 0 bridgehead atoms. The summed E-state index contributed by atoms with van der Waals surface area (Å²) in [5.74, 6) is 0.796. The van der Waals surface area contributed by atoms with E-state index in [1.165, 1.54) is 23.1 Å². The number of benzene rings is 1. The minimum absolute atomic E-state index is 0.0373. The molecule has 0 unspecified atom stereocenters. The molecule has 0 atom stereocenters. The summed E-state index contributed by atoms with van der Waals surface area (Å²) >= 11 is 6.53. The van der Waals surface area contributed by atoms with E-state index in [2.05, 4.69) is 5.32 Å². The predicted molar refractivity (Wildman–Crippen MR) is 114 cm³/mol. The number of thiocarbonyl (C=S) groups is 1. The molecule has 2 fully saturated rings. The Hall–Kier alpha value is -2.06. The van der Waals surface area contributed by atoms with Crippen molar-refractivity contribution < 1.29 is 19.1 Å². The van der Waals surface area contributed by atoms with Gasteiger partial charge in [0.25, 0.3) is 5.91 Å². The third-order valence-corrected chi connectivity index (χ3v) is 6.23. The fraction of sp³-hybridized carbons (Fsp3) is 0.450. The lowest BCUT2D eigenvalue weighted by molar-refractivity contribution is -0.129. The molecule has 1 aromatic carbocycles. The average molecular weight is 421 g/mol. The molecule has 2 aliphatic rings. The first-order valence-electron chi connectivity index (χ1n) is 9.28. The van der Waals surface area contributed by atoms with Crippen LogP contribution in [-0.2, 0) is 9.59 Å². The molecule has 1 heterocycles. The highest BCUT2D eigenvalue weighted by molar-refractivity contribution is 8.26. The quantitative estimate of drug-likeness (QED) is 0.562. The van der Waals surface area contributed by atoms with E-state index in [1.54, 1.807) is 32.4 Å². The van der Waals surface area contributed by atoms with Crippen LogP contribution >= 0.6 is 24.0 Å². The van der Waals surface area contributed by atoms with Crippen LogP contribution in [0.1, 0.15) is 37.7 Å². The van der Waals surface area contributed by atoms with E-state index >= 15 is 0 Å². The van der Waals surface area contributed by atoms with Gasteiger partial charge < -0.3 is 14.8 Å². The maximum Gasteiger partial charge on any atom is 0.266 e. The summed E-state index contributed by atoms with van der Waals surface area (Å²) in [5.41, 5.74) is 0.796. The van der Waals surface area contributed by atoms with Gasteiger partial charge in [0, 0.05) is 6.04 Å². The van der Waals surface area contributed by atoms with Crippen LogP contribution in [-0.4, -0.2) is 47.8 Å². The molecule has 1 N–H and O–H groups in total. The number of carbonyl (C=O) groups excluding carboxylic acids is 2. The number of thioether (sulfide) groups is 1. The Morgan fingerprint density at radius 3 is 2.64 bits per heavy atom. The lowest BCUT2D eigenvalue weighted by Gasteiger charge is -2.24. The Balaban J connectivity index is 1.67. The first kappa shape index (κ1) is 20.7. The van der Waals surface area contributed by atoms with E-state index in [0.29, 0.717) is 20.7 Å². The van der Waals surface area contributed by atoms with Crippen molar-refractivity contribution in [3.05, 3.63) is 28.7 Å². The van der Waals surface area contributed by atoms with E-state index in [9.17, 15) is 9.59 Å². The second-order valence-corrected chi connectivity index (χ2v) is 8.46. The first-order chi connectivity index (χ1) is 13.5. The smallest absolute Gasteiger partial charge is 0.266 e. The Kier molecular flexibility index (Phi) is 6.96. The zero-order chi connectivity index (χ0) is 20.1. The number of hydrogen-bond donors (Lipinski definition) is 1. The fourth-order valence-electron chi connectivity index (χ4n) is 3.39. The minimum atomic E-state index is -0.247. The van der Waals surface area contributed by atoms with Crippen molar-refractivity contribution in [3.63, 3.8) is 0 Å². The van der Waals surface area contributed by atoms with Crippen LogP contribution in [0.25, 0.3) is 6.08 Å². The Morgan fingerprint density at radius 2 is 1.96 bits per heavy atom. The second kappa shape index (κ2) is 9.43. The third-order valence-electron chi connectivity index (χ3n) is 4.85. The van der Waals surface area contributed by atoms with Gasteiger partial charge in [-0.2, -0.15) is 0 Å². The number of carbonyl (C=O) groups is 2. The Morgan fingerprint density at radius 1 is 1.25 bits per heavy atom. The monoisotopic (exact) mass is 420 g/mol. The van der Waals surface area contributed by atoms with Crippen LogP contribution in [0.15, 0.2) is 23.1 Å². The maximum absolute atomic E-state index is 12.7. The molecule has 3 rings (SSSR count). The summed E-state index contributed by atoms with van der Waals surface area (Å²) in [6.45, 7) is -0.0373. The Bertz CT molecular complexity index is 803. The molecule has 1 saturated heterocycles. The highest BCUT2D eigenvalue weighted by atomic mass is 32.2. The molecule has 28 heavy (non-hydrogen) atoms. The molecule has 2 amide bonds. The van der Waals surface area contributed by atoms with E-state index < -0.39 is 0 Å². The number of nitrogens with one attached hydrogen (secondary N) is 1. The van der Waals surface area contributed by atoms with Crippen LogP contribution in [0.2, 0.25) is 0 Å². The number of nitrogens with zero attached hydrogens (tertiary/aromatic N) is 1. The summed E-state index contributed by atoms with van der Waals surface area (Å²) < 4.78 is 10.9. The topological polar surface area (TPSA) is 67.9 Å². The van der Waals surface area contributed by atoms with Crippen molar-refractivity contribution >= 4 is 46.2 Å². The predicted octanol–water partition coefficient (Wildman–Crippen LogP) is 3.35. The van der Waals surface area contributed by atoms with Crippen LogP contribution in [0.3, 0.4) is 0 Å². The number of amides is 2. The van der Waals surface area contributed by atoms with E-state index in [0.717, 1.165) is 31.2 Å². The van der Waals surface area contributed by atoms with Gasteiger partial charge in [0.05, 0.1) is 19.1 Å². The van der Waals surface area contributed by atoms with Crippen LogP contribution in [0.4, 0.5) is 0 Å². The number of ether oxygens (including phenoxy) is 2. The molecule has 0 radical (unpaired) electrons. The SMILES string of the molecule is COc1ccc(/C=C2/SC(=S)N(CC(=O)NC3CCCCC3)C2=O)cc1OC. The van der Waals surface area contributed by atoms with Crippen molar-refractivity contribution in [2.45, 2.75) is 38.1 Å². The zero-order valence-corrected chi connectivity index (χ0v) is 17.7. The zero-order valence-electron chi connectivity index (χ0n) is 16.0. The molecular weight excluding hydrogens is 396 g/mol. The van der Waals surface area contributed by atoms with Crippen LogP contribution in [0, 0.1) is 0 Å². The van der Waals surface area contributed by atoms with E-state index in [1.807, 2.05) is 6.07 Å². The molecule has 0 spiro atoms. The minimum Gasteiger partial charge on any atom is -0.493 e. The second-order valence-electron chi connectivity index (χ2n) is 6.78. The molecule has 1 aromatic rings. The summed E-state index contributed by atoms with van der Waals surface area (Å²) in [4.78, 5) is 26.9. The van der Waals surface area contributed by atoms with Crippen molar-refractivity contribution in [2.75, 3.05) is 20.8 Å². The molecular formula is C20H24N2O4S2. The highest BCUT2D eigenvalue weighted by Gasteiger charge is 2.33. The first-order valence-corrected chi connectivity index (χ1v) is 10.5. The normalized spacial score (nSPS) is 19.2. The molecule has 1 saturated carbocycles. The Labute approximate surface area is 174 Å². The van der Waals surface area contributed by atoms with Crippen molar-refractivity contribution in [1.82, 2.24) is 10.2 Å². The maximum atomic E-state index is 12.7. The lowest BCUT2D eigenvalue weighted by Crippen LogP contribution is -2.44. The lowest BCUT2D eigenvalue weighted by atomic mass is 9.95. The van der Waals surface area contributed by atoms with Gasteiger partial charge in [-0.3, -0.25) is 14.5 Å². The van der Waals surface area contributed by atoms with Gasteiger partial charge in [0.1, 0.15) is 10.9 Å². The largest absolute Gasteiger partial charge is 0.493 e. The summed E-state index contributed by atoms with van der Waals surface area (Å²) in [6, 6.07) is 5.62. The number of rotatable bonds is 6. The molecule has 150 valence electrons. The molecule has 0 aromatic heterocycles. The van der Waals surface area contributed by atoms with Gasteiger partial charge in [-0.15, -0.1) is 0 Å². The van der Waals surface area contributed by atoms with Crippen LogP contribution < -0.4 is 14.8 Å². The van der Waals surface area contributed by atoms with Gasteiger partial charge in [-0.1, -0.05) is 49.3 Å². The van der Waals surface area contributed by atoms with E-state index in [-0.39, 0.29) is 24.4 Å². The van der Waals surface area contributed by atoms with Crippen molar-refractivity contribution in [2.24, 2.45) is 0 Å². The number of hydrogen-bond acceptors (Lipinski definition) is 6. The van der Waals surface area contributed by atoms with Crippen molar-refractivity contribution in [3.8, 4) is 11.5 Å². The molecule has 1 aliphatic heterocycles. The average Bonchev–Trinajstić information content (AvgIpc) is 2.96. The van der Waals surface area contributed by atoms with E-state index in [4.69, 9.17) is 21.7 Å². The third kappa shape index (κ3) is 4.86. The summed E-state index contributed by atoms with van der Waals surface area (Å²) in [5, 5.41) is 3.03. The molecule has 1 aliphatic carbocycles. The van der Waals surface area contributed by atoms with Gasteiger partial charge in [0.2, 0.25) is 5.91 Å². The van der Waals surface area contributed by atoms with Crippen LogP contribution in [0.5, 0.6) is 11.5 Å². The van der Waals surface area contributed by atoms with Gasteiger partial charge in [0.15, 0.2) is 11.5 Å². The van der Waals surface area contributed by atoms with Gasteiger partial charge in [-0.25, -0.2) is 0 Å². The molecule has 8 heteroatoms. The number of methoxy groups -OCH3 is 2. The van der Waals surface area contributed by atoms with Gasteiger partial charge >= 0.3 is 0 Å². The summed E-state index contributed by atoms with van der Waals surface area (Å²) in [7, 11) is 3.13. The fourth-order valence-corrected chi connectivity index (χ4v) is 4.65. The highest BCUT2D eigenvalue weighted by Crippen LogP contribution is 2.34. The van der Waals surface area contributed by atoms with Gasteiger partial charge in [-0.05, 0) is 36.6 Å². The standard InChI is InChI=1S/C20H24N2O4S2/c1-25-15-9-8-13(10-16(15)26-2)11-17-19(24)22(20(27)28-17)12-18(23)21-14-6-4-3-5-7-14/h8-11,14H,3-7,12H2,1-2H3,(H,21,23)/b17-11+. The summed E-state index contributed by atoms with van der Waals surface area (Å²) in [6.07, 6.45) is 7.26.